The maximum atomic E-state index is 4.19. The van der Waals surface area contributed by atoms with Crippen LogP contribution in [0, 0.1) is 6.92 Å². The molecule has 66 valence electrons. The summed E-state index contributed by atoms with van der Waals surface area (Å²) in [5.41, 5.74) is 2.69. The Morgan fingerprint density at radius 2 is 2.17 bits per heavy atom. The smallest absolute Gasteiger partial charge is 0.0209 e. The highest BCUT2D eigenvalue weighted by atomic mass is 79.9. The minimum atomic E-state index is 0.959. The topological polar surface area (TPSA) is 0 Å². The van der Waals surface area contributed by atoms with Crippen molar-refractivity contribution in [1.82, 2.24) is 0 Å². The van der Waals surface area contributed by atoms with Crippen molar-refractivity contribution in [2.75, 3.05) is 5.75 Å². The molecule has 1 aromatic carbocycles. The van der Waals surface area contributed by atoms with Gasteiger partial charge in [-0.25, -0.2) is 0 Å². The highest BCUT2D eigenvalue weighted by molar-refractivity contribution is 9.10. The first-order chi connectivity index (χ1) is 5.74. The van der Waals surface area contributed by atoms with Crippen LogP contribution in [0.25, 0.3) is 0 Å². The quantitative estimate of drug-likeness (QED) is 0.772. The fourth-order valence-corrected chi connectivity index (χ4v) is 1.97. The van der Waals surface area contributed by atoms with Gasteiger partial charge in [0.15, 0.2) is 0 Å². The van der Waals surface area contributed by atoms with Gasteiger partial charge in [-0.2, -0.15) is 12.6 Å². The monoisotopic (exact) mass is 244 g/mol. The molecule has 0 heterocycles. The third-order valence-electron chi connectivity index (χ3n) is 1.81. The Morgan fingerprint density at radius 3 is 2.75 bits per heavy atom. The molecule has 2 heteroatoms. The molecule has 0 spiro atoms. The summed E-state index contributed by atoms with van der Waals surface area (Å²) in [7, 11) is 0. The van der Waals surface area contributed by atoms with Crippen molar-refractivity contribution in [3.63, 3.8) is 0 Å². The number of halogens is 1. The Balaban J connectivity index is 2.72. The Kier molecular flexibility index (Phi) is 4.16. The average molecular weight is 245 g/mol. The van der Waals surface area contributed by atoms with Crippen LogP contribution in [-0.4, -0.2) is 5.75 Å². The van der Waals surface area contributed by atoms with Gasteiger partial charge in [0.2, 0.25) is 0 Å². The van der Waals surface area contributed by atoms with E-state index in [0.717, 1.165) is 18.6 Å². The van der Waals surface area contributed by atoms with Gasteiger partial charge in [-0.1, -0.05) is 28.1 Å². The Labute approximate surface area is 87.9 Å². The van der Waals surface area contributed by atoms with E-state index in [1.807, 2.05) is 0 Å². The zero-order valence-electron chi connectivity index (χ0n) is 7.18. The van der Waals surface area contributed by atoms with E-state index in [-0.39, 0.29) is 0 Å². The van der Waals surface area contributed by atoms with Gasteiger partial charge in [-0.15, -0.1) is 0 Å². The summed E-state index contributed by atoms with van der Waals surface area (Å²) in [5.74, 6) is 0.959. The molecule has 0 saturated heterocycles. The fourth-order valence-electron chi connectivity index (χ4n) is 1.12. The van der Waals surface area contributed by atoms with Crippen LogP contribution in [0.4, 0.5) is 0 Å². The number of hydrogen-bond acceptors (Lipinski definition) is 1. The first-order valence-electron chi connectivity index (χ1n) is 4.10. The molecule has 0 fully saturated rings. The minimum Gasteiger partial charge on any atom is -0.179 e. The van der Waals surface area contributed by atoms with Gasteiger partial charge in [0.05, 0.1) is 0 Å². The largest absolute Gasteiger partial charge is 0.179 e. The minimum absolute atomic E-state index is 0.959. The van der Waals surface area contributed by atoms with Gasteiger partial charge >= 0.3 is 0 Å². The summed E-state index contributed by atoms with van der Waals surface area (Å²) in [6, 6.07) is 6.50. The third-order valence-corrected chi connectivity index (χ3v) is 2.87. The fraction of sp³-hybridized carbons (Fsp3) is 0.400. The summed E-state index contributed by atoms with van der Waals surface area (Å²) >= 11 is 7.74. The van der Waals surface area contributed by atoms with Crippen molar-refractivity contribution in [2.45, 2.75) is 19.8 Å². The van der Waals surface area contributed by atoms with Gasteiger partial charge in [0.25, 0.3) is 0 Å². The van der Waals surface area contributed by atoms with Gasteiger partial charge < -0.3 is 0 Å². The van der Waals surface area contributed by atoms with Crippen molar-refractivity contribution < 1.29 is 0 Å². The number of rotatable bonds is 3. The molecule has 0 aliphatic heterocycles. The first-order valence-corrected chi connectivity index (χ1v) is 5.52. The standard InChI is InChI=1S/C10H13BrS/c1-8-4-5-9(3-2-6-12)10(11)7-8/h4-5,7,12H,2-3,6H2,1H3. The van der Waals surface area contributed by atoms with Crippen LogP contribution in [0.1, 0.15) is 17.5 Å². The molecule has 12 heavy (non-hydrogen) atoms. The normalized spacial score (nSPS) is 10.2. The van der Waals surface area contributed by atoms with Crippen LogP contribution in [0.3, 0.4) is 0 Å². The van der Waals surface area contributed by atoms with E-state index in [1.165, 1.54) is 15.6 Å². The van der Waals surface area contributed by atoms with Crippen LogP contribution in [0.2, 0.25) is 0 Å². The van der Waals surface area contributed by atoms with Gasteiger partial charge in [-0.05, 0) is 42.7 Å². The molecular formula is C10H13BrS. The molecule has 0 N–H and O–H groups in total. The van der Waals surface area contributed by atoms with E-state index in [4.69, 9.17) is 0 Å². The molecule has 0 saturated carbocycles. The van der Waals surface area contributed by atoms with Crippen LogP contribution < -0.4 is 0 Å². The predicted molar refractivity (Wildman–Crippen MR) is 61.1 cm³/mol. The Bertz CT molecular complexity index is 258. The molecule has 0 aliphatic carbocycles. The molecule has 0 bridgehead atoms. The van der Waals surface area contributed by atoms with E-state index < -0.39 is 0 Å². The molecular weight excluding hydrogens is 232 g/mol. The second kappa shape index (κ2) is 4.93. The highest BCUT2D eigenvalue weighted by Gasteiger charge is 1.98. The molecule has 1 rings (SSSR count). The van der Waals surface area contributed by atoms with E-state index in [9.17, 15) is 0 Å². The molecule has 0 atom stereocenters. The summed E-state index contributed by atoms with van der Waals surface area (Å²) in [5, 5.41) is 0. The van der Waals surface area contributed by atoms with Crippen molar-refractivity contribution in [2.24, 2.45) is 0 Å². The number of aryl methyl sites for hydroxylation is 2. The van der Waals surface area contributed by atoms with Crippen LogP contribution in [0.15, 0.2) is 22.7 Å². The van der Waals surface area contributed by atoms with Crippen molar-refractivity contribution in [3.8, 4) is 0 Å². The molecule has 0 aliphatic rings. The lowest BCUT2D eigenvalue weighted by Gasteiger charge is -2.03. The lowest BCUT2D eigenvalue weighted by Crippen LogP contribution is -1.88. The Hall–Kier alpha value is 0.0500. The zero-order chi connectivity index (χ0) is 8.97. The lowest BCUT2D eigenvalue weighted by atomic mass is 10.1. The summed E-state index contributed by atoms with van der Waals surface area (Å²) in [6.07, 6.45) is 2.26. The SMILES string of the molecule is Cc1ccc(CCCS)c(Br)c1. The van der Waals surface area contributed by atoms with Crippen LogP contribution in [0.5, 0.6) is 0 Å². The second-order valence-electron chi connectivity index (χ2n) is 2.92. The molecule has 0 aromatic heterocycles. The van der Waals surface area contributed by atoms with Crippen LogP contribution >= 0.6 is 28.6 Å². The average Bonchev–Trinajstić information content (AvgIpc) is 2.03. The molecule has 0 unspecified atom stereocenters. The maximum absolute atomic E-state index is 4.19. The lowest BCUT2D eigenvalue weighted by molar-refractivity contribution is 0.930. The summed E-state index contributed by atoms with van der Waals surface area (Å²) in [4.78, 5) is 0. The first kappa shape index (κ1) is 10.1. The van der Waals surface area contributed by atoms with Crippen molar-refractivity contribution >= 4 is 28.6 Å². The zero-order valence-corrected chi connectivity index (χ0v) is 9.66. The number of thiol groups is 1. The predicted octanol–water partition coefficient (Wildman–Crippen LogP) is 3.62. The van der Waals surface area contributed by atoms with Gasteiger partial charge in [-0.3, -0.25) is 0 Å². The van der Waals surface area contributed by atoms with Crippen molar-refractivity contribution in [3.05, 3.63) is 33.8 Å². The maximum Gasteiger partial charge on any atom is 0.0209 e. The molecule has 1 aromatic rings. The van der Waals surface area contributed by atoms with E-state index in [1.54, 1.807) is 0 Å². The molecule has 0 nitrogen and oxygen atoms in total. The highest BCUT2D eigenvalue weighted by Crippen LogP contribution is 2.19. The van der Waals surface area contributed by atoms with Gasteiger partial charge in [0.1, 0.15) is 0 Å². The number of hydrogen-bond donors (Lipinski definition) is 1. The third kappa shape index (κ3) is 2.83. The Morgan fingerprint density at radius 1 is 1.42 bits per heavy atom. The second-order valence-corrected chi connectivity index (χ2v) is 4.22. The van der Waals surface area contributed by atoms with E-state index in [0.29, 0.717) is 0 Å². The summed E-state index contributed by atoms with van der Waals surface area (Å²) < 4.78 is 1.23. The van der Waals surface area contributed by atoms with E-state index in [2.05, 4.69) is 53.7 Å². The van der Waals surface area contributed by atoms with E-state index >= 15 is 0 Å². The number of benzene rings is 1. The molecule has 0 radical (unpaired) electrons. The van der Waals surface area contributed by atoms with Crippen LogP contribution in [-0.2, 0) is 6.42 Å². The molecule has 0 amide bonds. The van der Waals surface area contributed by atoms with Crippen molar-refractivity contribution in [1.29, 1.82) is 0 Å². The van der Waals surface area contributed by atoms with Gasteiger partial charge in [0, 0.05) is 4.47 Å². The summed E-state index contributed by atoms with van der Waals surface area (Å²) in [6.45, 7) is 2.10.